The van der Waals surface area contributed by atoms with Crippen molar-refractivity contribution >= 4 is 5.78 Å². The van der Waals surface area contributed by atoms with Crippen molar-refractivity contribution in [1.82, 2.24) is 0 Å². The van der Waals surface area contributed by atoms with E-state index in [9.17, 15) is 4.79 Å². The second-order valence-electron chi connectivity index (χ2n) is 5.54. The molecule has 1 heterocycles. The van der Waals surface area contributed by atoms with E-state index in [2.05, 4.69) is 6.07 Å². The van der Waals surface area contributed by atoms with E-state index in [-0.39, 0.29) is 17.6 Å². The molecule has 0 aliphatic carbocycles. The van der Waals surface area contributed by atoms with Gasteiger partial charge in [0.05, 0.1) is 18.6 Å². The van der Waals surface area contributed by atoms with Crippen molar-refractivity contribution in [1.29, 1.82) is 5.26 Å². The number of carbonyl (C=O) groups is 1. The van der Waals surface area contributed by atoms with Crippen molar-refractivity contribution in [2.24, 2.45) is 5.92 Å². The molecule has 0 amide bonds. The second kappa shape index (κ2) is 6.55. The van der Waals surface area contributed by atoms with Crippen LogP contribution in [-0.4, -0.2) is 18.5 Å². The topological polar surface area (TPSA) is 50.1 Å². The average Bonchev–Trinajstić information content (AvgIpc) is 2.62. The normalized spacial score (nSPS) is 24.4. The minimum absolute atomic E-state index is 0.0207. The van der Waals surface area contributed by atoms with E-state index in [4.69, 9.17) is 10.00 Å². The number of hydrogen-bond donors (Lipinski definition) is 0. The van der Waals surface area contributed by atoms with E-state index in [0.717, 1.165) is 5.56 Å². The highest BCUT2D eigenvalue weighted by molar-refractivity contribution is 5.98. The molecule has 1 saturated heterocycles. The molecule has 2 aromatic rings. The molecule has 1 fully saturated rings. The Hall–Kier alpha value is -2.44. The first-order valence-corrected chi connectivity index (χ1v) is 7.45. The SMILES string of the molecule is N#CC1CC(c2ccccc2)C(C(=O)c2ccccc2)CO1. The molecule has 0 spiro atoms. The summed E-state index contributed by atoms with van der Waals surface area (Å²) in [5.41, 5.74) is 1.80. The van der Waals surface area contributed by atoms with Crippen molar-refractivity contribution < 1.29 is 9.53 Å². The molecule has 3 unspecified atom stereocenters. The number of carbonyl (C=O) groups excluding carboxylic acids is 1. The van der Waals surface area contributed by atoms with Gasteiger partial charge in [0.25, 0.3) is 0 Å². The van der Waals surface area contributed by atoms with Crippen molar-refractivity contribution in [3.8, 4) is 6.07 Å². The van der Waals surface area contributed by atoms with Gasteiger partial charge in [0, 0.05) is 5.56 Å². The lowest BCUT2D eigenvalue weighted by atomic mass is 9.77. The van der Waals surface area contributed by atoms with E-state index in [1.807, 2.05) is 60.7 Å². The fraction of sp³-hybridized carbons (Fsp3) is 0.263. The lowest BCUT2D eigenvalue weighted by Crippen LogP contribution is -2.36. The Morgan fingerprint density at radius 1 is 1.05 bits per heavy atom. The standard InChI is InChI=1S/C19H17NO2/c20-12-16-11-17(14-7-3-1-4-8-14)18(13-22-16)19(21)15-9-5-2-6-10-15/h1-10,16-18H,11,13H2. The maximum Gasteiger partial charge on any atom is 0.168 e. The van der Waals surface area contributed by atoms with Crippen LogP contribution in [0.3, 0.4) is 0 Å². The molecule has 3 nitrogen and oxygen atoms in total. The zero-order chi connectivity index (χ0) is 15.4. The number of nitriles is 1. The quantitative estimate of drug-likeness (QED) is 0.812. The monoisotopic (exact) mass is 291 g/mol. The van der Waals surface area contributed by atoms with Crippen LogP contribution in [0.15, 0.2) is 60.7 Å². The van der Waals surface area contributed by atoms with Crippen molar-refractivity contribution in [2.75, 3.05) is 6.61 Å². The van der Waals surface area contributed by atoms with E-state index in [1.165, 1.54) is 0 Å². The lowest BCUT2D eigenvalue weighted by molar-refractivity contribution is 0.00603. The number of nitrogens with zero attached hydrogens (tertiary/aromatic N) is 1. The van der Waals surface area contributed by atoms with Gasteiger partial charge in [0.2, 0.25) is 0 Å². The Morgan fingerprint density at radius 2 is 1.68 bits per heavy atom. The maximum absolute atomic E-state index is 12.8. The summed E-state index contributed by atoms with van der Waals surface area (Å²) in [5, 5.41) is 9.14. The molecular formula is C19H17NO2. The summed E-state index contributed by atoms with van der Waals surface area (Å²) in [7, 11) is 0. The van der Waals surface area contributed by atoms with Crippen LogP contribution in [0.4, 0.5) is 0 Å². The summed E-state index contributed by atoms with van der Waals surface area (Å²) in [6.45, 7) is 0.297. The number of ether oxygens (including phenoxy) is 1. The number of ketones is 1. The van der Waals surface area contributed by atoms with Crippen molar-refractivity contribution in [3.05, 3.63) is 71.8 Å². The van der Waals surface area contributed by atoms with Crippen molar-refractivity contribution in [3.63, 3.8) is 0 Å². The van der Waals surface area contributed by atoms with Crippen LogP contribution in [0.25, 0.3) is 0 Å². The third kappa shape index (κ3) is 2.93. The zero-order valence-electron chi connectivity index (χ0n) is 12.2. The highest BCUT2D eigenvalue weighted by Crippen LogP contribution is 2.36. The largest absolute Gasteiger partial charge is 0.362 e. The molecule has 0 aromatic heterocycles. The second-order valence-corrected chi connectivity index (χ2v) is 5.54. The summed E-state index contributed by atoms with van der Waals surface area (Å²) < 4.78 is 5.55. The molecule has 0 N–H and O–H groups in total. The minimum Gasteiger partial charge on any atom is -0.362 e. The fourth-order valence-electron chi connectivity index (χ4n) is 3.03. The number of hydrogen-bond acceptors (Lipinski definition) is 3. The minimum atomic E-state index is -0.440. The van der Waals surface area contributed by atoms with Crippen LogP contribution >= 0.6 is 0 Å². The fourth-order valence-corrected chi connectivity index (χ4v) is 3.03. The van der Waals surface area contributed by atoms with Gasteiger partial charge in [-0.3, -0.25) is 4.79 Å². The number of rotatable bonds is 3. The van der Waals surface area contributed by atoms with Gasteiger partial charge in [-0.2, -0.15) is 5.26 Å². The van der Waals surface area contributed by atoms with Gasteiger partial charge in [-0.1, -0.05) is 60.7 Å². The zero-order valence-corrected chi connectivity index (χ0v) is 12.2. The van der Waals surface area contributed by atoms with Crippen LogP contribution < -0.4 is 0 Å². The number of benzene rings is 2. The molecular weight excluding hydrogens is 274 g/mol. The highest BCUT2D eigenvalue weighted by atomic mass is 16.5. The van der Waals surface area contributed by atoms with Gasteiger partial charge in [-0.15, -0.1) is 0 Å². The predicted molar refractivity (Wildman–Crippen MR) is 83.4 cm³/mol. The summed E-state index contributed by atoms with van der Waals surface area (Å²) in [5.74, 6) is -0.132. The van der Waals surface area contributed by atoms with Gasteiger partial charge in [-0.05, 0) is 17.9 Å². The summed E-state index contributed by atoms with van der Waals surface area (Å²) >= 11 is 0. The lowest BCUT2D eigenvalue weighted by Gasteiger charge is -2.33. The summed E-state index contributed by atoms with van der Waals surface area (Å²) in [6, 6.07) is 21.4. The molecule has 110 valence electrons. The smallest absolute Gasteiger partial charge is 0.168 e. The Morgan fingerprint density at radius 3 is 2.32 bits per heavy atom. The molecule has 2 aromatic carbocycles. The molecule has 0 saturated carbocycles. The van der Waals surface area contributed by atoms with Crippen LogP contribution in [-0.2, 0) is 4.74 Å². The Bertz CT molecular complexity index is 676. The number of Topliss-reactive ketones (excluding diaryl/α,β-unsaturated/α-hetero) is 1. The van der Waals surface area contributed by atoms with Gasteiger partial charge in [0.1, 0.15) is 6.10 Å². The Kier molecular flexibility index (Phi) is 4.32. The average molecular weight is 291 g/mol. The highest BCUT2D eigenvalue weighted by Gasteiger charge is 2.36. The van der Waals surface area contributed by atoms with E-state index < -0.39 is 6.10 Å². The van der Waals surface area contributed by atoms with E-state index >= 15 is 0 Å². The molecule has 1 aliphatic heterocycles. The molecule has 0 bridgehead atoms. The first-order valence-electron chi connectivity index (χ1n) is 7.45. The first kappa shape index (κ1) is 14.5. The van der Waals surface area contributed by atoms with Gasteiger partial charge in [0.15, 0.2) is 5.78 Å². The Balaban J connectivity index is 1.91. The molecule has 0 radical (unpaired) electrons. The van der Waals surface area contributed by atoms with Crippen LogP contribution in [0.1, 0.15) is 28.3 Å². The summed E-state index contributed by atoms with van der Waals surface area (Å²) in [4.78, 5) is 12.8. The molecule has 22 heavy (non-hydrogen) atoms. The van der Waals surface area contributed by atoms with Crippen LogP contribution in [0.2, 0.25) is 0 Å². The van der Waals surface area contributed by atoms with Crippen molar-refractivity contribution in [2.45, 2.75) is 18.4 Å². The molecule has 1 aliphatic rings. The van der Waals surface area contributed by atoms with Gasteiger partial charge in [-0.25, -0.2) is 0 Å². The van der Waals surface area contributed by atoms with Gasteiger partial charge >= 0.3 is 0 Å². The third-order valence-corrected chi connectivity index (χ3v) is 4.20. The molecule has 3 atom stereocenters. The van der Waals surface area contributed by atoms with Gasteiger partial charge < -0.3 is 4.74 Å². The Labute approximate surface area is 130 Å². The third-order valence-electron chi connectivity index (χ3n) is 4.20. The van der Waals surface area contributed by atoms with E-state index in [0.29, 0.717) is 18.6 Å². The molecule has 3 rings (SSSR count). The van der Waals surface area contributed by atoms with Crippen LogP contribution in [0.5, 0.6) is 0 Å². The van der Waals surface area contributed by atoms with Crippen LogP contribution in [0, 0.1) is 17.2 Å². The predicted octanol–water partition coefficient (Wildman–Crippen LogP) is 3.58. The maximum atomic E-state index is 12.8. The van der Waals surface area contributed by atoms with E-state index in [1.54, 1.807) is 0 Å². The molecule has 3 heteroatoms. The summed E-state index contributed by atoms with van der Waals surface area (Å²) in [6.07, 6.45) is 0.119. The first-order chi connectivity index (χ1) is 10.8.